The van der Waals surface area contributed by atoms with Gasteiger partial charge in [-0.1, -0.05) is 38.5 Å². The smallest absolute Gasteiger partial charge is 0.161 e. The fraction of sp³-hybridized carbons (Fsp3) is 0.769. The monoisotopic (exact) mass is 500 g/mol. The molecule has 2 fully saturated rings. The van der Waals surface area contributed by atoms with Gasteiger partial charge < -0.3 is 30.6 Å². The molecule has 0 radical (unpaired) electrons. The number of fused-ring (bicyclic) bond motifs is 1. The number of aliphatic hydroxyl groups excluding tert-OH is 2. The average Bonchev–Trinajstić information content (AvgIpc) is 2.83. The molecule has 2 saturated heterocycles. The van der Waals surface area contributed by atoms with E-state index in [9.17, 15) is 10.2 Å². The van der Waals surface area contributed by atoms with Gasteiger partial charge in [0, 0.05) is 39.3 Å². The number of anilines is 2. The molecule has 4 rings (SSSR count). The molecule has 2 aromatic rings. The van der Waals surface area contributed by atoms with Gasteiger partial charge in [0.2, 0.25) is 0 Å². The maximum atomic E-state index is 10.9. The van der Waals surface area contributed by atoms with Crippen LogP contribution in [0.1, 0.15) is 88.1 Å². The van der Waals surface area contributed by atoms with Gasteiger partial charge in [0.25, 0.3) is 0 Å². The van der Waals surface area contributed by atoms with E-state index in [4.69, 9.17) is 19.9 Å². The first-order valence-electron chi connectivity index (χ1n) is 13.9. The Hall–Kier alpha value is -2.14. The summed E-state index contributed by atoms with van der Waals surface area (Å²) in [6.45, 7) is 4.31. The number of nitrogens with zero attached hydrogens (tertiary/aromatic N) is 6. The van der Waals surface area contributed by atoms with Crippen LogP contribution in [0.25, 0.3) is 11.0 Å². The Balaban J connectivity index is 1.90. The third-order valence-corrected chi connectivity index (χ3v) is 7.24. The fourth-order valence-electron chi connectivity index (χ4n) is 5.25. The van der Waals surface area contributed by atoms with E-state index in [1.54, 1.807) is 0 Å². The Morgan fingerprint density at radius 3 is 1.25 bits per heavy atom. The molecule has 2 aliphatic rings. The average molecular weight is 501 g/mol. The minimum atomic E-state index is -0.831. The molecule has 2 atom stereocenters. The molecule has 36 heavy (non-hydrogen) atoms. The predicted molar refractivity (Wildman–Crippen MR) is 143 cm³/mol. The Bertz CT molecular complexity index is 881. The molecule has 4 N–H and O–H groups in total. The SMILES string of the molecule is CNCC(O)c1nc(N2CCCCCCC2)c2nc(C(O)CNC)nc(N3CCCCCCC3)c2n1. The summed E-state index contributed by atoms with van der Waals surface area (Å²) in [5.41, 5.74) is 1.35. The van der Waals surface area contributed by atoms with Crippen LogP contribution in [0.2, 0.25) is 0 Å². The number of nitrogens with one attached hydrogen (secondary N) is 2. The number of hydrogen-bond donors (Lipinski definition) is 4. The van der Waals surface area contributed by atoms with Gasteiger partial charge in [-0.3, -0.25) is 0 Å². The number of aromatic nitrogens is 4. The van der Waals surface area contributed by atoms with Gasteiger partial charge in [-0.15, -0.1) is 0 Å². The zero-order valence-corrected chi connectivity index (χ0v) is 22.0. The molecular weight excluding hydrogens is 456 g/mol. The van der Waals surface area contributed by atoms with E-state index in [1.807, 2.05) is 14.1 Å². The number of hydrogen-bond acceptors (Lipinski definition) is 10. The normalized spacial score (nSPS) is 19.9. The lowest BCUT2D eigenvalue weighted by atomic mass is 10.1. The van der Waals surface area contributed by atoms with Crippen LogP contribution in [0, 0.1) is 0 Å². The van der Waals surface area contributed by atoms with Crippen molar-refractivity contribution in [3.05, 3.63) is 11.6 Å². The molecule has 0 amide bonds. The molecule has 10 heteroatoms. The second kappa shape index (κ2) is 13.4. The third-order valence-electron chi connectivity index (χ3n) is 7.24. The maximum Gasteiger partial charge on any atom is 0.161 e. The second-order valence-corrected chi connectivity index (χ2v) is 10.2. The first kappa shape index (κ1) is 26.9. The molecule has 2 unspecified atom stereocenters. The minimum absolute atomic E-state index is 0.365. The van der Waals surface area contributed by atoms with Gasteiger partial charge in [-0.2, -0.15) is 0 Å². The van der Waals surface area contributed by atoms with Crippen LogP contribution in [0.3, 0.4) is 0 Å². The van der Waals surface area contributed by atoms with Crippen molar-refractivity contribution in [3.8, 4) is 0 Å². The fourth-order valence-corrected chi connectivity index (χ4v) is 5.25. The van der Waals surface area contributed by atoms with E-state index in [0.717, 1.165) is 63.5 Å². The summed E-state index contributed by atoms with van der Waals surface area (Å²) >= 11 is 0. The van der Waals surface area contributed by atoms with Crippen molar-refractivity contribution in [2.45, 2.75) is 76.4 Å². The molecule has 0 aromatic carbocycles. The summed E-state index contributed by atoms with van der Waals surface area (Å²) in [6, 6.07) is 0. The second-order valence-electron chi connectivity index (χ2n) is 10.2. The van der Waals surface area contributed by atoms with E-state index >= 15 is 0 Å². The zero-order chi connectivity index (χ0) is 25.3. The minimum Gasteiger partial charge on any atom is -0.384 e. The summed E-state index contributed by atoms with van der Waals surface area (Å²) in [6.07, 6.45) is 10.1. The van der Waals surface area contributed by atoms with Crippen LogP contribution in [-0.2, 0) is 0 Å². The first-order valence-corrected chi connectivity index (χ1v) is 13.9. The Morgan fingerprint density at radius 2 is 0.917 bits per heavy atom. The molecule has 2 aliphatic heterocycles. The van der Waals surface area contributed by atoms with E-state index < -0.39 is 12.2 Å². The molecular formula is C26H44N8O2. The van der Waals surface area contributed by atoms with Crippen molar-refractivity contribution in [3.63, 3.8) is 0 Å². The highest BCUT2D eigenvalue weighted by Crippen LogP contribution is 2.33. The predicted octanol–water partition coefficient (Wildman–Crippen LogP) is 2.47. The van der Waals surface area contributed by atoms with Crippen LogP contribution >= 0.6 is 0 Å². The topological polar surface area (TPSA) is 123 Å². The number of aliphatic hydroxyl groups is 2. The third kappa shape index (κ3) is 6.59. The largest absolute Gasteiger partial charge is 0.384 e. The molecule has 4 heterocycles. The van der Waals surface area contributed by atoms with Gasteiger partial charge >= 0.3 is 0 Å². The van der Waals surface area contributed by atoms with Crippen LogP contribution in [0.5, 0.6) is 0 Å². The Morgan fingerprint density at radius 1 is 0.583 bits per heavy atom. The van der Waals surface area contributed by atoms with Crippen molar-refractivity contribution < 1.29 is 10.2 Å². The molecule has 2 aromatic heterocycles. The van der Waals surface area contributed by atoms with Crippen molar-refractivity contribution in [2.24, 2.45) is 0 Å². The summed E-state index contributed by atoms with van der Waals surface area (Å²) in [7, 11) is 3.63. The van der Waals surface area contributed by atoms with Crippen molar-refractivity contribution in [1.82, 2.24) is 30.6 Å². The quantitative estimate of drug-likeness (QED) is 0.430. The van der Waals surface area contributed by atoms with Crippen molar-refractivity contribution in [1.29, 1.82) is 0 Å². The highest BCUT2D eigenvalue weighted by atomic mass is 16.3. The van der Waals surface area contributed by atoms with Crippen LogP contribution in [0.15, 0.2) is 0 Å². The van der Waals surface area contributed by atoms with Gasteiger partial charge in [-0.05, 0) is 39.8 Å². The van der Waals surface area contributed by atoms with Crippen LogP contribution in [-0.4, -0.2) is 83.5 Å². The standard InChI is InChI=1S/C26H44N8O2/c1-27-17-19(35)23-29-21-22(25(31-23)33-13-9-5-3-6-10-14-33)30-24(20(36)18-28-2)32-26(21)34-15-11-7-4-8-12-16-34/h19-20,27-28,35-36H,3-18H2,1-2H3. The summed E-state index contributed by atoms with van der Waals surface area (Å²) in [5.74, 6) is 2.30. The molecule has 10 nitrogen and oxygen atoms in total. The zero-order valence-electron chi connectivity index (χ0n) is 22.0. The number of rotatable bonds is 8. The summed E-state index contributed by atoms with van der Waals surface area (Å²) < 4.78 is 0. The molecule has 0 saturated carbocycles. The van der Waals surface area contributed by atoms with E-state index in [-0.39, 0.29) is 0 Å². The van der Waals surface area contributed by atoms with E-state index in [2.05, 4.69) is 20.4 Å². The van der Waals surface area contributed by atoms with Crippen molar-refractivity contribution in [2.75, 3.05) is 63.2 Å². The Kier molecular flexibility index (Phi) is 10.0. The lowest BCUT2D eigenvalue weighted by Crippen LogP contribution is -2.32. The molecule has 0 aliphatic carbocycles. The lowest BCUT2D eigenvalue weighted by molar-refractivity contribution is 0.167. The van der Waals surface area contributed by atoms with E-state index in [1.165, 1.54) is 38.5 Å². The van der Waals surface area contributed by atoms with Crippen molar-refractivity contribution >= 4 is 22.7 Å². The molecule has 0 bridgehead atoms. The molecule has 200 valence electrons. The highest BCUT2D eigenvalue weighted by molar-refractivity contribution is 5.93. The number of likely N-dealkylation sites (N-methyl/N-ethyl adjacent to an activating group) is 2. The Labute approximate surface area is 214 Å². The lowest BCUT2D eigenvalue weighted by Gasteiger charge is -2.30. The highest BCUT2D eigenvalue weighted by Gasteiger charge is 2.26. The maximum absolute atomic E-state index is 10.9. The van der Waals surface area contributed by atoms with Gasteiger partial charge in [0.15, 0.2) is 23.3 Å². The molecule has 0 spiro atoms. The van der Waals surface area contributed by atoms with Crippen LogP contribution in [0.4, 0.5) is 11.6 Å². The van der Waals surface area contributed by atoms with Gasteiger partial charge in [0.05, 0.1) is 0 Å². The summed E-state index contributed by atoms with van der Waals surface area (Å²) in [4.78, 5) is 24.2. The van der Waals surface area contributed by atoms with E-state index in [0.29, 0.717) is 35.8 Å². The van der Waals surface area contributed by atoms with Gasteiger partial charge in [0.1, 0.15) is 23.2 Å². The summed E-state index contributed by atoms with van der Waals surface area (Å²) in [5, 5.41) is 27.9. The first-order chi connectivity index (χ1) is 17.6. The van der Waals surface area contributed by atoms with Gasteiger partial charge in [-0.25, -0.2) is 19.9 Å². The van der Waals surface area contributed by atoms with Crippen LogP contribution < -0.4 is 20.4 Å².